The van der Waals surface area contributed by atoms with Crippen LogP contribution in [0.1, 0.15) is 55.2 Å². The molecule has 6 nitrogen and oxygen atoms in total. The Bertz CT molecular complexity index is 999. The van der Waals surface area contributed by atoms with Gasteiger partial charge in [-0.25, -0.2) is 4.79 Å². The van der Waals surface area contributed by atoms with Crippen LogP contribution in [0.25, 0.3) is 10.9 Å². The average Bonchev–Trinajstić information content (AvgIpc) is 3.05. The zero-order valence-corrected chi connectivity index (χ0v) is 18.2. The molecule has 4 rings (SSSR count). The van der Waals surface area contributed by atoms with Crippen LogP contribution in [-0.4, -0.2) is 46.0 Å². The maximum absolute atomic E-state index is 13.1. The first-order valence-electron chi connectivity index (χ1n) is 10.9. The summed E-state index contributed by atoms with van der Waals surface area (Å²) in [6, 6.07) is 6.04. The van der Waals surface area contributed by atoms with Crippen molar-refractivity contribution in [3.05, 3.63) is 47.4 Å². The molecule has 2 aromatic rings. The molecular weight excluding hydrogens is 378 g/mol. The van der Waals surface area contributed by atoms with Gasteiger partial charge in [-0.3, -0.25) is 4.79 Å². The monoisotopic (exact) mass is 409 g/mol. The third kappa shape index (κ3) is 3.71. The first kappa shape index (κ1) is 20.5. The minimum Gasteiger partial charge on any atom is -0.416 e. The molecule has 30 heavy (non-hydrogen) atoms. The second-order valence-corrected chi connectivity index (χ2v) is 8.62. The largest absolute Gasteiger partial charge is 0.416 e. The van der Waals surface area contributed by atoms with E-state index in [1.54, 1.807) is 11.8 Å². The van der Waals surface area contributed by atoms with Crippen LogP contribution in [0, 0.1) is 5.92 Å². The van der Waals surface area contributed by atoms with Gasteiger partial charge in [-0.15, -0.1) is 0 Å². The summed E-state index contributed by atoms with van der Waals surface area (Å²) in [6.07, 6.45) is 2.54. The lowest BCUT2D eigenvalue weighted by atomic mass is 9.98. The van der Waals surface area contributed by atoms with Crippen molar-refractivity contribution < 1.29 is 14.3 Å². The number of benzene rings is 1. The Labute approximate surface area is 178 Å². The van der Waals surface area contributed by atoms with Crippen LogP contribution in [0.3, 0.4) is 0 Å². The molecule has 2 aliphatic heterocycles. The Morgan fingerprint density at radius 1 is 1.17 bits per heavy atom. The van der Waals surface area contributed by atoms with E-state index in [9.17, 15) is 9.59 Å². The van der Waals surface area contributed by atoms with Gasteiger partial charge in [0.1, 0.15) is 0 Å². The summed E-state index contributed by atoms with van der Waals surface area (Å²) in [7, 11) is 0. The van der Waals surface area contributed by atoms with E-state index in [4.69, 9.17) is 4.74 Å². The molecule has 0 N–H and O–H groups in total. The second-order valence-electron chi connectivity index (χ2n) is 8.62. The summed E-state index contributed by atoms with van der Waals surface area (Å²) in [5, 5.41) is 1.07. The van der Waals surface area contributed by atoms with E-state index in [2.05, 4.69) is 31.1 Å². The van der Waals surface area contributed by atoms with E-state index in [1.807, 2.05) is 17.0 Å². The lowest BCUT2D eigenvalue weighted by Crippen LogP contribution is -2.37. The van der Waals surface area contributed by atoms with Gasteiger partial charge in [0.15, 0.2) is 0 Å². The molecule has 1 aromatic heterocycles. The smallest absolute Gasteiger partial charge is 0.415 e. The van der Waals surface area contributed by atoms with Crippen molar-refractivity contribution in [2.45, 2.75) is 53.1 Å². The Kier molecular flexibility index (Phi) is 5.58. The van der Waals surface area contributed by atoms with Crippen molar-refractivity contribution >= 4 is 22.9 Å². The van der Waals surface area contributed by atoms with Gasteiger partial charge in [0.25, 0.3) is 5.91 Å². The number of carbonyl (C=O) groups is 2. The quantitative estimate of drug-likeness (QED) is 0.698. The maximum Gasteiger partial charge on any atom is 0.415 e. The molecule has 0 radical (unpaired) electrons. The Morgan fingerprint density at radius 2 is 1.90 bits per heavy atom. The topological polar surface area (TPSA) is 54.8 Å². The predicted octanol–water partition coefficient (Wildman–Crippen LogP) is 4.56. The minimum absolute atomic E-state index is 0.108. The fraction of sp³-hybridized carbons (Fsp3) is 0.500. The molecule has 0 spiro atoms. The van der Waals surface area contributed by atoms with Crippen LogP contribution in [0.15, 0.2) is 30.5 Å². The highest BCUT2D eigenvalue weighted by atomic mass is 16.6. The number of fused-ring (bicyclic) bond motifs is 3. The van der Waals surface area contributed by atoms with Crippen LogP contribution < -0.4 is 0 Å². The summed E-state index contributed by atoms with van der Waals surface area (Å²) in [6.45, 7) is 13.3. The number of amides is 2. The highest BCUT2D eigenvalue weighted by molar-refractivity contribution is 5.99. The lowest BCUT2D eigenvalue weighted by molar-refractivity contribution is 0.0697. The van der Waals surface area contributed by atoms with Crippen molar-refractivity contribution in [3.8, 4) is 0 Å². The van der Waals surface area contributed by atoms with E-state index in [0.717, 1.165) is 60.9 Å². The average molecular weight is 410 g/mol. The molecule has 1 fully saturated rings. The summed E-state index contributed by atoms with van der Waals surface area (Å²) in [5.74, 6) is 1.19. The van der Waals surface area contributed by atoms with Gasteiger partial charge in [0.05, 0.1) is 12.3 Å². The zero-order valence-electron chi connectivity index (χ0n) is 18.2. The van der Waals surface area contributed by atoms with E-state index < -0.39 is 0 Å². The van der Waals surface area contributed by atoms with Crippen LogP contribution in [0.5, 0.6) is 0 Å². The number of allylic oxidation sites excluding steroid dienone is 1. The third-order valence-corrected chi connectivity index (χ3v) is 6.41. The number of hydrogen-bond donors (Lipinski definition) is 0. The Hall–Kier alpha value is -2.76. The SMILES string of the molecule is C=C(C)OC(=O)N1CCc2c(c3cc(C(=O)N4CCC(C)CC4)ccc3n2CC)C1. The van der Waals surface area contributed by atoms with Crippen LogP contribution >= 0.6 is 0 Å². The summed E-state index contributed by atoms with van der Waals surface area (Å²) >= 11 is 0. The molecular formula is C24H31N3O3. The third-order valence-electron chi connectivity index (χ3n) is 6.41. The molecule has 0 atom stereocenters. The van der Waals surface area contributed by atoms with Crippen molar-refractivity contribution in [2.75, 3.05) is 19.6 Å². The standard InChI is InChI=1S/C24H31N3O3/c1-5-27-21-7-6-18(23(28)25-11-8-17(4)9-12-25)14-19(21)20-15-26(13-10-22(20)27)24(29)30-16(2)3/h6-7,14,17H,2,5,8-13,15H2,1,3-4H3. The molecule has 2 aliphatic rings. The van der Waals surface area contributed by atoms with Crippen molar-refractivity contribution in [3.63, 3.8) is 0 Å². The summed E-state index contributed by atoms with van der Waals surface area (Å²) in [4.78, 5) is 29.2. The van der Waals surface area contributed by atoms with E-state index in [0.29, 0.717) is 24.8 Å². The second kappa shape index (κ2) is 8.17. The molecule has 6 heteroatoms. The molecule has 0 unspecified atom stereocenters. The lowest BCUT2D eigenvalue weighted by Gasteiger charge is -2.30. The number of aromatic nitrogens is 1. The Morgan fingerprint density at radius 3 is 2.57 bits per heavy atom. The first-order chi connectivity index (χ1) is 14.4. The number of aryl methyl sites for hydroxylation is 1. The summed E-state index contributed by atoms with van der Waals surface area (Å²) in [5.41, 5.74) is 4.23. The van der Waals surface area contributed by atoms with Crippen LogP contribution in [0.2, 0.25) is 0 Å². The van der Waals surface area contributed by atoms with E-state index >= 15 is 0 Å². The van der Waals surface area contributed by atoms with Gasteiger partial charge in [-0.05, 0) is 50.8 Å². The van der Waals surface area contributed by atoms with Crippen molar-refractivity contribution in [2.24, 2.45) is 5.92 Å². The number of rotatable bonds is 3. The van der Waals surface area contributed by atoms with Gasteiger partial charge in [0, 0.05) is 60.3 Å². The fourth-order valence-electron chi connectivity index (χ4n) is 4.71. The molecule has 0 saturated carbocycles. The number of likely N-dealkylation sites (tertiary alicyclic amines) is 1. The van der Waals surface area contributed by atoms with Gasteiger partial charge in [-0.2, -0.15) is 0 Å². The molecule has 0 bridgehead atoms. The highest BCUT2D eigenvalue weighted by Gasteiger charge is 2.28. The highest BCUT2D eigenvalue weighted by Crippen LogP contribution is 2.32. The summed E-state index contributed by atoms with van der Waals surface area (Å²) < 4.78 is 7.53. The fourth-order valence-corrected chi connectivity index (χ4v) is 4.71. The van der Waals surface area contributed by atoms with Gasteiger partial charge in [-0.1, -0.05) is 13.5 Å². The molecule has 1 aromatic carbocycles. The number of piperidine rings is 1. The molecule has 3 heterocycles. The van der Waals surface area contributed by atoms with Gasteiger partial charge >= 0.3 is 6.09 Å². The van der Waals surface area contributed by atoms with Crippen molar-refractivity contribution in [1.82, 2.24) is 14.4 Å². The first-order valence-corrected chi connectivity index (χ1v) is 10.9. The molecule has 160 valence electrons. The maximum atomic E-state index is 13.1. The van der Waals surface area contributed by atoms with E-state index in [-0.39, 0.29) is 12.0 Å². The number of carbonyl (C=O) groups excluding carboxylic acids is 2. The Balaban J connectivity index is 1.67. The van der Waals surface area contributed by atoms with E-state index in [1.165, 1.54) is 5.69 Å². The van der Waals surface area contributed by atoms with Crippen LogP contribution in [-0.2, 0) is 24.2 Å². The van der Waals surface area contributed by atoms with Crippen molar-refractivity contribution in [1.29, 1.82) is 0 Å². The zero-order chi connectivity index (χ0) is 21.4. The van der Waals surface area contributed by atoms with Gasteiger partial charge < -0.3 is 19.1 Å². The number of nitrogens with zero attached hydrogens (tertiary/aromatic N) is 3. The predicted molar refractivity (Wildman–Crippen MR) is 117 cm³/mol. The molecule has 2 amide bonds. The number of hydrogen-bond acceptors (Lipinski definition) is 3. The van der Waals surface area contributed by atoms with Gasteiger partial charge in [0.2, 0.25) is 0 Å². The number of ether oxygens (including phenoxy) is 1. The molecule has 0 aliphatic carbocycles. The normalized spacial score (nSPS) is 17.2. The van der Waals surface area contributed by atoms with Crippen LogP contribution in [0.4, 0.5) is 4.79 Å². The molecule has 1 saturated heterocycles. The minimum atomic E-state index is -0.361.